The molecule has 0 aliphatic rings. The van der Waals surface area contributed by atoms with Gasteiger partial charge in [0.1, 0.15) is 11.4 Å². The molecule has 6 heteroatoms. The monoisotopic (exact) mass is 298 g/mol. The maximum atomic E-state index is 13.0. The molecule has 0 saturated carbocycles. The van der Waals surface area contributed by atoms with Gasteiger partial charge in [-0.3, -0.25) is 0 Å². The topological polar surface area (TPSA) is 34.1 Å². The zero-order valence-corrected chi connectivity index (χ0v) is 12.1. The number of benzene rings is 1. The van der Waals surface area contributed by atoms with Crippen molar-refractivity contribution in [3.63, 3.8) is 0 Å². The molecule has 0 atom stereocenters. The maximum Gasteiger partial charge on any atom is 0.433 e. The van der Waals surface area contributed by atoms with Crippen molar-refractivity contribution in [3.05, 3.63) is 29.5 Å². The van der Waals surface area contributed by atoms with E-state index in [-0.39, 0.29) is 5.56 Å². The smallest absolute Gasteiger partial charge is 0.433 e. The lowest BCUT2D eigenvalue weighted by Gasteiger charge is -2.16. The normalized spacial score (nSPS) is 11.7. The van der Waals surface area contributed by atoms with E-state index in [4.69, 9.17) is 4.74 Å². The Bertz CT molecular complexity index is 653. The Morgan fingerprint density at radius 2 is 2.00 bits per heavy atom. The summed E-state index contributed by atoms with van der Waals surface area (Å²) in [5, 5.41) is 3.46. The molecule has 0 amide bonds. The van der Waals surface area contributed by atoms with Gasteiger partial charge < -0.3 is 10.1 Å². The second-order valence-electron chi connectivity index (χ2n) is 4.74. The van der Waals surface area contributed by atoms with Crippen molar-refractivity contribution in [2.24, 2.45) is 0 Å². The highest BCUT2D eigenvalue weighted by Crippen LogP contribution is 2.37. The van der Waals surface area contributed by atoms with Crippen molar-refractivity contribution in [2.45, 2.75) is 26.4 Å². The van der Waals surface area contributed by atoms with Gasteiger partial charge in [-0.2, -0.15) is 13.2 Å². The highest BCUT2D eigenvalue weighted by atomic mass is 19.4. The van der Waals surface area contributed by atoms with Gasteiger partial charge in [0.2, 0.25) is 0 Å². The van der Waals surface area contributed by atoms with E-state index in [1.807, 2.05) is 6.92 Å². The molecule has 1 N–H and O–H groups in total. The van der Waals surface area contributed by atoms with E-state index in [2.05, 4.69) is 10.3 Å². The number of hydrogen-bond donors (Lipinski definition) is 1. The van der Waals surface area contributed by atoms with E-state index in [9.17, 15) is 13.2 Å². The van der Waals surface area contributed by atoms with E-state index < -0.39 is 11.9 Å². The van der Waals surface area contributed by atoms with Crippen LogP contribution in [0.2, 0.25) is 0 Å². The molecular weight excluding hydrogens is 281 g/mol. The number of alkyl halides is 3. The second-order valence-corrected chi connectivity index (χ2v) is 4.74. The number of halogens is 3. The lowest BCUT2D eigenvalue weighted by atomic mass is 10.1. The molecule has 0 radical (unpaired) electrons. The number of anilines is 1. The van der Waals surface area contributed by atoms with Crippen molar-refractivity contribution in [2.75, 3.05) is 19.0 Å². The molecule has 1 aromatic heterocycles. The third-order valence-electron chi connectivity index (χ3n) is 3.19. The number of pyridine rings is 1. The summed E-state index contributed by atoms with van der Waals surface area (Å²) in [5.74, 6) is 0.627. The maximum absolute atomic E-state index is 13.0. The summed E-state index contributed by atoms with van der Waals surface area (Å²) in [4.78, 5) is 3.76. The van der Waals surface area contributed by atoms with E-state index in [1.54, 1.807) is 25.2 Å². The molecule has 21 heavy (non-hydrogen) atoms. The van der Waals surface area contributed by atoms with E-state index in [1.165, 1.54) is 6.92 Å². The third-order valence-corrected chi connectivity index (χ3v) is 3.19. The van der Waals surface area contributed by atoms with Crippen LogP contribution in [0.25, 0.3) is 10.9 Å². The summed E-state index contributed by atoms with van der Waals surface area (Å²) >= 11 is 0. The lowest BCUT2D eigenvalue weighted by molar-refractivity contribution is -0.141. The molecule has 114 valence electrons. The van der Waals surface area contributed by atoms with Crippen LogP contribution >= 0.6 is 0 Å². The third kappa shape index (κ3) is 3.04. The van der Waals surface area contributed by atoms with Gasteiger partial charge in [-0.15, -0.1) is 0 Å². The Kier molecular flexibility index (Phi) is 4.25. The largest absolute Gasteiger partial charge is 0.494 e. The number of aromatic nitrogens is 1. The zero-order valence-electron chi connectivity index (χ0n) is 12.1. The minimum absolute atomic E-state index is 0.0881. The Morgan fingerprint density at radius 3 is 2.57 bits per heavy atom. The summed E-state index contributed by atoms with van der Waals surface area (Å²) in [6.45, 7) is 3.97. The first kappa shape index (κ1) is 15.4. The van der Waals surface area contributed by atoms with Gasteiger partial charge in [-0.25, -0.2) is 4.98 Å². The second kappa shape index (κ2) is 5.79. The standard InChI is InChI=1S/C15H17F3N2O/c1-4-7-21-10-5-6-12-11(8-10)13(19-3)9(2)14(20-12)15(16,17)18/h5-6,8H,4,7H2,1-3H3,(H,19,20). The zero-order chi connectivity index (χ0) is 15.6. The SMILES string of the molecule is CCCOc1ccc2nc(C(F)(F)F)c(C)c(NC)c2c1. The van der Waals surface area contributed by atoms with E-state index >= 15 is 0 Å². The molecule has 0 spiro atoms. The van der Waals surface area contributed by atoms with Crippen molar-refractivity contribution >= 4 is 16.6 Å². The number of nitrogens with one attached hydrogen (secondary N) is 1. The van der Waals surface area contributed by atoms with Crippen molar-refractivity contribution in [1.29, 1.82) is 0 Å². The number of fused-ring (bicyclic) bond motifs is 1. The Balaban J connectivity index is 2.64. The van der Waals surface area contributed by atoms with Gasteiger partial charge >= 0.3 is 6.18 Å². The fraction of sp³-hybridized carbons (Fsp3) is 0.400. The predicted octanol–water partition coefficient (Wildman–Crippen LogP) is 4.39. The molecule has 0 aliphatic heterocycles. The summed E-state index contributed by atoms with van der Waals surface area (Å²) in [5.41, 5.74) is -0.0536. The van der Waals surface area contributed by atoms with Gasteiger partial charge in [0.05, 0.1) is 12.1 Å². The number of hydrogen-bond acceptors (Lipinski definition) is 3. The van der Waals surface area contributed by atoms with Crippen LogP contribution in [-0.4, -0.2) is 18.6 Å². The number of nitrogens with zero attached hydrogens (tertiary/aromatic N) is 1. The average Bonchev–Trinajstić information content (AvgIpc) is 2.43. The Hall–Kier alpha value is -1.98. The summed E-state index contributed by atoms with van der Waals surface area (Å²) in [7, 11) is 1.60. The van der Waals surface area contributed by atoms with Gasteiger partial charge in [0.25, 0.3) is 0 Å². The molecular formula is C15H17F3N2O. The van der Waals surface area contributed by atoms with E-state index in [0.29, 0.717) is 28.9 Å². The first-order chi connectivity index (χ1) is 9.88. The van der Waals surface area contributed by atoms with Crippen LogP contribution in [-0.2, 0) is 6.18 Å². The van der Waals surface area contributed by atoms with Gasteiger partial charge in [-0.1, -0.05) is 6.92 Å². The molecule has 2 aromatic rings. The molecule has 3 nitrogen and oxygen atoms in total. The van der Waals surface area contributed by atoms with Crippen molar-refractivity contribution in [3.8, 4) is 5.75 Å². The van der Waals surface area contributed by atoms with Crippen LogP contribution in [0.5, 0.6) is 5.75 Å². The number of rotatable bonds is 4. The average molecular weight is 298 g/mol. The molecule has 0 saturated heterocycles. The minimum Gasteiger partial charge on any atom is -0.494 e. The van der Waals surface area contributed by atoms with Crippen LogP contribution in [0.1, 0.15) is 24.6 Å². The van der Waals surface area contributed by atoms with Gasteiger partial charge in [0, 0.05) is 23.7 Å². The fourth-order valence-electron chi connectivity index (χ4n) is 2.25. The van der Waals surface area contributed by atoms with Crippen LogP contribution in [0.4, 0.5) is 18.9 Å². The quantitative estimate of drug-likeness (QED) is 0.909. The molecule has 1 heterocycles. The first-order valence-corrected chi connectivity index (χ1v) is 6.70. The fourth-order valence-corrected chi connectivity index (χ4v) is 2.25. The molecule has 0 bridgehead atoms. The van der Waals surface area contributed by atoms with Crippen molar-refractivity contribution < 1.29 is 17.9 Å². The van der Waals surface area contributed by atoms with Gasteiger partial charge in [0.15, 0.2) is 0 Å². The van der Waals surface area contributed by atoms with Gasteiger partial charge in [-0.05, 0) is 31.5 Å². The highest BCUT2D eigenvalue weighted by Gasteiger charge is 2.36. The molecule has 0 unspecified atom stereocenters. The summed E-state index contributed by atoms with van der Waals surface area (Å²) in [6, 6.07) is 4.91. The Morgan fingerprint density at radius 1 is 1.29 bits per heavy atom. The summed E-state index contributed by atoms with van der Waals surface area (Å²) in [6.07, 6.45) is -3.61. The first-order valence-electron chi connectivity index (χ1n) is 6.70. The Labute approximate surface area is 121 Å². The van der Waals surface area contributed by atoms with Crippen LogP contribution < -0.4 is 10.1 Å². The van der Waals surface area contributed by atoms with Crippen molar-refractivity contribution in [1.82, 2.24) is 4.98 Å². The van der Waals surface area contributed by atoms with Crippen LogP contribution in [0.15, 0.2) is 18.2 Å². The minimum atomic E-state index is -4.47. The molecule has 0 aliphatic carbocycles. The number of ether oxygens (including phenoxy) is 1. The molecule has 1 aromatic carbocycles. The predicted molar refractivity (Wildman–Crippen MR) is 76.8 cm³/mol. The highest BCUT2D eigenvalue weighted by molar-refractivity contribution is 5.94. The summed E-state index contributed by atoms with van der Waals surface area (Å²) < 4.78 is 44.6. The van der Waals surface area contributed by atoms with Crippen LogP contribution in [0, 0.1) is 6.92 Å². The lowest BCUT2D eigenvalue weighted by Crippen LogP contribution is -2.12. The molecule has 0 fully saturated rings. The molecule has 2 rings (SSSR count). The van der Waals surface area contributed by atoms with Crippen LogP contribution in [0.3, 0.4) is 0 Å². The van der Waals surface area contributed by atoms with E-state index in [0.717, 1.165) is 6.42 Å².